The summed E-state index contributed by atoms with van der Waals surface area (Å²) < 4.78 is 0. The van der Waals surface area contributed by atoms with Gasteiger partial charge in [0.2, 0.25) is 0 Å². The third-order valence-corrected chi connectivity index (χ3v) is 4.02. The number of benzene rings is 1. The van der Waals surface area contributed by atoms with Crippen molar-refractivity contribution in [2.45, 2.75) is 32.7 Å². The molecule has 0 heterocycles. The molecule has 22 heavy (non-hydrogen) atoms. The predicted molar refractivity (Wildman–Crippen MR) is 89.9 cm³/mol. The van der Waals surface area contributed by atoms with E-state index in [2.05, 4.69) is 25.2 Å². The summed E-state index contributed by atoms with van der Waals surface area (Å²) in [7, 11) is 0. The Hall–Kier alpha value is -2.07. The zero-order valence-electron chi connectivity index (χ0n) is 13.2. The van der Waals surface area contributed by atoms with Crippen molar-refractivity contribution in [3.05, 3.63) is 53.1 Å². The van der Waals surface area contributed by atoms with Crippen molar-refractivity contribution in [2.24, 2.45) is 11.7 Å². The summed E-state index contributed by atoms with van der Waals surface area (Å²) >= 11 is 0. The highest BCUT2D eigenvalue weighted by Crippen LogP contribution is 2.26. The van der Waals surface area contributed by atoms with E-state index >= 15 is 0 Å². The summed E-state index contributed by atoms with van der Waals surface area (Å²) in [6.07, 6.45) is 6.19. The number of carboxylic acids is 1. The molecule has 0 saturated carbocycles. The molecule has 4 nitrogen and oxygen atoms in total. The first kappa shape index (κ1) is 16.3. The molecule has 1 aliphatic carbocycles. The van der Waals surface area contributed by atoms with E-state index in [1.54, 1.807) is 6.08 Å². The molecular weight excluding hydrogens is 276 g/mol. The second kappa shape index (κ2) is 7.27. The number of hydrogen-bond donors (Lipinski definition) is 3. The molecule has 0 aromatic heterocycles. The van der Waals surface area contributed by atoms with Crippen molar-refractivity contribution in [3.8, 4) is 0 Å². The first-order valence-electron chi connectivity index (χ1n) is 7.68. The maximum absolute atomic E-state index is 10.9. The molecule has 0 amide bonds. The molecule has 0 fully saturated rings. The average Bonchev–Trinajstić information content (AvgIpc) is 2.52. The zero-order chi connectivity index (χ0) is 16.1. The Labute approximate surface area is 131 Å². The second-order valence-electron chi connectivity index (χ2n) is 5.90. The molecule has 118 valence electrons. The predicted octanol–water partition coefficient (Wildman–Crippen LogP) is 3.27. The first-order valence-corrected chi connectivity index (χ1v) is 7.68. The van der Waals surface area contributed by atoms with Crippen LogP contribution in [0.25, 0.3) is 0 Å². The topological polar surface area (TPSA) is 75.3 Å². The van der Waals surface area contributed by atoms with E-state index in [0.717, 1.165) is 16.8 Å². The Morgan fingerprint density at radius 3 is 2.77 bits per heavy atom. The van der Waals surface area contributed by atoms with Gasteiger partial charge in [0.25, 0.3) is 0 Å². The van der Waals surface area contributed by atoms with E-state index in [-0.39, 0.29) is 0 Å². The molecule has 1 unspecified atom stereocenters. The number of aliphatic carboxylic acids is 1. The van der Waals surface area contributed by atoms with Crippen LogP contribution in [0.3, 0.4) is 0 Å². The number of carbonyl (C=O) groups is 1. The van der Waals surface area contributed by atoms with E-state index in [9.17, 15) is 4.79 Å². The van der Waals surface area contributed by atoms with E-state index in [1.807, 2.05) is 24.3 Å². The monoisotopic (exact) mass is 300 g/mol. The first-order chi connectivity index (χ1) is 10.5. The average molecular weight is 300 g/mol. The molecule has 0 spiro atoms. The number of nitrogens with two attached hydrogens (primary N) is 1. The summed E-state index contributed by atoms with van der Waals surface area (Å²) in [5, 5.41) is 12.4. The third kappa shape index (κ3) is 3.77. The number of hydrogen-bond acceptors (Lipinski definition) is 3. The Bertz CT molecular complexity index is 603. The highest BCUT2D eigenvalue weighted by Gasteiger charge is 2.16. The Morgan fingerprint density at radius 2 is 2.23 bits per heavy atom. The lowest BCUT2D eigenvalue weighted by molar-refractivity contribution is -0.139. The molecule has 4 N–H and O–H groups in total. The molecule has 1 aromatic rings. The van der Waals surface area contributed by atoms with E-state index in [0.29, 0.717) is 25.4 Å². The minimum atomic E-state index is -0.769. The summed E-state index contributed by atoms with van der Waals surface area (Å²) in [6.45, 7) is 5.51. The molecule has 1 aliphatic rings. The smallest absolute Gasteiger partial charge is 0.310 e. The maximum atomic E-state index is 10.9. The van der Waals surface area contributed by atoms with Crippen LogP contribution in [0.5, 0.6) is 0 Å². The van der Waals surface area contributed by atoms with E-state index in [1.165, 1.54) is 5.56 Å². The molecule has 0 saturated heterocycles. The van der Waals surface area contributed by atoms with Gasteiger partial charge in [-0.15, -0.1) is 0 Å². The van der Waals surface area contributed by atoms with Crippen LogP contribution in [0, 0.1) is 5.92 Å². The molecule has 4 heteroatoms. The van der Waals surface area contributed by atoms with Crippen molar-refractivity contribution in [1.82, 2.24) is 0 Å². The molecule has 1 aromatic carbocycles. The molecule has 2 rings (SSSR count). The third-order valence-electron chi connectivity index (χ3n) is 4.02. The van der Waals surface area contributed by atoms with Gasteiger partial charge in [-0.2, -0.15) is 0 Å². The van der Waals surface area contributed by atoms with Gasteiger partial charge in [-0.3, -0.25) is 4.79 Å². The van der Waals surface area contributed by atoms with Gasteiger partial charge in [0, 0.05) is 18.8 Å². The van der Waals surface area contributed by atoms with Crippen LogP contribution in [0.4, 0.5) is 5.69 Å². The lowest BCUT2D eigenvalue weighted by Crippen LogP contribution is -2.15. The van der Waals surface area contributed by atoms with Crippen LogP contribution in [-0.2, 0) is 11.3 Å². The van der Waals surface area contributed by atoms with Gasteiger partial charge in [0.1, 0.15) is 0 Å². The van der Waals surface area contributed by atoms with Crippen LogP contribution < -0.4 is 11.1 Å². The maximum Gasteiger partial charge on any atom is 0.310 e. The Morgan fingerprint density at radius 1 is 1.45 bits per heavy atom. The minimum absolute atomic E-state index is 0.396. The molecular formula is C18H24N2O2. The fourth-order valence-corrected chi connectivity index (χ4v) is 2.72. The number of allylic oxidation sites excluding steroid dienone is 1. The molecule has 0 aliphatic heterocycles. The standard InChI is InChI=1S/C18H24N2O2/c1-12(2)15-4-3-5-17(16(15)10-19)20-11-13-6-8-14(9-7-13)18(21)22/h3-8,12,14,20H,9-11,19H2,1-2H3,(H,21,22). The fourth-order valence-electron chi connectivity index (χ4n) is 2.72. The second-order valence-corrected chi connectivity index (χ2v) is 5.90. The summed E-state index contributed by atoms with van der Waals surface area (Å²) in [5.41, 5.74) is 10.5. The van der Waals surface area contributed by atoms with Gasteiger partial charge in [0.05, 0.1) is 5.92 Å². The van der Waals surface area contributed by atoms with Gasteiger partial charge in [-0.05, 0) is 35.1 Å². The molecule has 1 atom stereocenters. The largest absolute Gasteiger partial charge is 0.481 e. The minimum Gasteiger partial charge on any atom is -0.481 e. The summed E-state index contributed by atoms with van der Waals surface area (Å²) in [5.74, 6) is -0.729. The van der Waals surface area contributed by atoms with Crippen molar-refractivity contribution >= 4 is 11.7 Å². The van der Waals surface area contributed by atoms with Crippen LogP contribution in [0.1, 0.15) is 37.3 Å². The SMILES string of the molecule is CC(C)c1cccc(NCC2=CCC(C(=O)O)C=C2)c1CN. The molecule has 0 bridgehead atoms. The van der Waals surface area contributed by atoms with Gasteiger partial charge < -0.3 is 16.2 Å². The van der Waals surface area contributed by atoms with Crippen molar-refractivity contribution in [1.29, 1.82) is 0 Å². The van der Waals surface area contributed by atoms with Gasteiger partial charge in [-0.25, -0.2) is 0 Å². The normalized spacial score (nSPS) is 17.5. The fraction of sp³-hybridized carbons (Fsp3) is 0.389. The number of carboxylic acid groups (broad SMARTS) is 1. The Balaban J connectivity index is 2.05. The van der Waals surface area contributed by atoms with Gasteiger partial charge in [-0.1, -0.05) is 44.2 Å². The molecule has 0 radical (unpaired) electrons. The number of rotatable bonds is 6. The highest BCUT2D eigenvalue weighted by molar-refractivity contribution is 5.73. The van der Waals surface area contributed by atoms with E-state index in [4.69, 9.17) is 10.8 Å². The van der Waals surface area contributed by atoms with Crippen LogP contribution in [0.15, 0.2) is 42.0 Å². The van der Waals surface area contributed by atoms with E-state index < -0.39 is 11.9 Å². The van der Waals surface area contributed by atoms with Crippen molar-refractivity contribution in [3.63, 3.8) is 0 Å². The quantitative estimate of drug-likeness (QED) is 0.753. The highest BCUT2D eigenvalue weighted by atomic mass is 16.4. The Kier molecular flexibility index (Phi) is 5.39. The lowest BCUT2D eigenvalue weighted by atomic mass is 9.95. The lowest BCUT2D eigenvalue weighted by Gasteiger charge is -2.18. The van der Waals surface area contributed by atoms with Crippen molar-refractivity contribution in [2.75, 3.05) is 11.9 Å². The number of anilines is 1. The van der Waals surface area contributed by atoms with Crippen LogP contribution >= 0.6 is 0 Å². The van der Waals surface area contributed by atoms with Gasteiger partial charge >= 0.3 is 5.97 Å². The van der Waals surface area contributed by atoms with Crippen LogP contribution in [0.2, 0.25) is 0 Å². The van der Waals surface area contributed by atoms with Gasteiger partial charge in [0.15, 0.2) is 0 Å². The summed E-state index contributed by atoms with van der Waals surface area (Å²) in [6, 6.07) is 6.21. The van der Waals surface area contributed by atoms with Crippen molar-refractivity contribution < 1.29 is 9.90 Å². The zero-order valence-corrected chi connectivity index (χ0v) is 13.2. The summed E-state index contributed by atoms with van der Waals surface area (Å²) in [4.78, 5) is 10.9. The van der Waals surface area contributed by atoms with Crippen LogP contribution in [-0.4, -0.2) is 17.6 Å². The number of nitrogens with one attached hydrogen (secondary N) is 1.